The van der Waals surface area contributed by atoms with Crippen molar-refractivity contribution in [3.8, 4) is 0 Å². The summed E-state index contributed by atoms with van der Waals surface area (Å²) in [5.74, 6) is -0.349. The summed E-state index contributed by atoms with van der Waals surface area (Å²) in [7, 11) is 0. The van der Waals surface area contributed by atoms with Crippen LogP contribution in [0.5, 0.6) is 0 Å². The van der Waals surface area contributed by atoms with Gasteiger partial charge in [0.05, 0.1) is 5.69 Å². The van der Waals surface area contributed by atoms with E-state index in [2.05, 4.69) is 10.4 Å². The number of hydrogen-bond acceptors (Lipinski definition) is 3. The fourth-order valence-electron chi connectivity index (χ4n) is 2.06. The van der Waals surface area contributed by atoms with Crippen LogP contribution >= 0.6 is 0 Å². The van der Waals surface area contributed by atoms with Crippen molar-refractivity contribution in [2.24, 2.45) is 0 Å². The van der Waals surface area contributed by atoms with E-state index in [1.54, 1.807) is 12.3 Å². The van der Waals surface area contributed by atoms with Crippen molar-refractivity contribution in [1.82, 2.24) is 9.78 Å². The van der Waals surface area contributed by atoms with Crippen molar-refractivity contribution < 1.29 is 9.59 Å². The summed E-state index contributed by atoms with van der Waals surface area (Å²) in [6.07, 6.45) is 1.89. The maximum Gasteiger partial charge on any atom is 0.247 e. The van der Waals surface area contributed by atoms with Gasteiger partial charge in [0, 0.05) is 24.7 Å². The highest BCUT2D eigenvalue weighted by atomic mass is 16.2. The molecule has 2 aromatic rings. The molecule has 1 N–H and O–H groups in total. The standard InChI is InChI=1S/C16H19N3O2/c1-11-4-5-14(12(2)10-11)17-15(20)6-7-16(21)19-9-8-13(3)18-19/h4-5,8-10H,6-7H2,1-3H3,(H,17,20). The Hall–Kier alpha value is -2.43. The van der Waals surface area contributed by atoms with Gasteiger partial charge in [-0.3, -0.25) is 9.59 Å². The zero-order valence-electron chi connectivity index (χ0n) is 12.5. The fourth-order valence-corrected chi connectivity index (χ4v) is 2.06. The monoisotopic (exact) mass is 285 g/mol. The van der Waals surface area contributed by atoms with Gasteiger partial charge in [0.15, 0.2) is 0 Å². The normalized spacial score (nSPS) is 10.4. The zero-order valence-corrected chi connectivity index (χ0v) is 12.5. The van der Waals surface area contributed by atoms with E-state index in [1.165, 1.54) is 4.68 Å². The van der Waals surface area contributed by atoms with Gasteiger partial charge < -0.3 is 5.32 Å². The highest BCUT2D eigenvalue weighted by molar-refractivity contribution is 5.94. The fraction of sp³-hybridized carbons (Fsp3) is 0.312. The Bertz CT molecular complexity index is 674. The second-order valence-electron chi connectivity index (χ2n) is 5.16. The van der Waals surface area contributed by atoms with E-state index in [-0.39, 0.29) is 24.7 Å². The Morgan fingerprint density at radius 2 is 1.90 bits per heavy atom. The van der Waals surface area contributed by atoms with Crippen molar-refractivity contribution in [2.45, 2.75) is 33.6 Å². The van der Waals surface area contributed by atoms with Gasteiger partial charge >= 0.3 is 0 Å². The number of benzene rings is 1. The lowest BCUT2D eigenvalue weighted by Gasteiger charge is -2.09. The van der Waals surface area contributed by atoms with Gasteiger partial charge in [-0.1, -0.05) is 17.7 Å². The molecule has 0 radical (unpaired) electrons. The van der Waals surface area contributed by atoms with Crippen LogP contribution in [0.2, 0.25) is 0 Å². The first-order valence-corrected chi connectivity index (χ1v) is 6.88. The van der Waals surface area contributed by atoms with Crippen molar-refractivity contribution in [3.63, 3.8) is 0 Å². The van der Waals surface area contributed by atoms with E-state index in [9.17, 15) is 9.59 Å². The number of aryl methyl sites for hydroxylation is 3. The van der Waals surface area contributed by atoms with Crippen LogP contribution in [-0.2, 0) is 4.79 Å². The molecule has 0 saturated heterocycles. The Kier molecular flexibility index (Phi) is 4.52. The number of nitrogens with one attached hydrogen (secondary N) is 1. The molecule has 0 aliphatic rings. The third-order valence-corrected chi connectivity index (χ3v) is 3.20. The molecular weight excluding hydrogens is 266 g/mol. The van der Waals surface area contributed by atoms with E-state index >= 15 is 0 Å². The second kappa shape index (κ2) is 6.35. The number of nitrogens with zero attached hydrogens (tertiary/aromatic N) is 2. The van der Waals surface area contributed by atoms with Crippen LogP contribution in [0.4, 0.5) is 5.69 Å². The minimum atomic E-state index is -0.182. The molecular formula is C16H19N3O2. The number of hydrogen-bond donors (Lipinski definition) is 1. The molecule has 2 rings (SSSR count). The maximum atomic E-state index is 11.9. The van der Waals surface area contributed by atoms with Crippen LogP contribution in [0.3, 0.4) is 0 Å². The zero-order chi connectivity index (χ0) is 15.4. The van der Waals surface area contributed by atoms with Crippen LogP contribution in [0, 0.1) is 20.8 Å². The van der Waals surface area contributed by atoms with Crippen molar-refractivity contribution in [1.29, 1.82) is 0 Å². The lowest BCUT2D eigenvalue weighted by molar-refractivity contribution is -0.116. The molecule has 0 spiro atoms. The molecule has 110 valence electrons. The first-order valence-electron chi connectivity index (χ1n) is 6.88. The smallest absolute Gasteiger partial charge is 0.247 e. The minimum Gasteiger partial charge on any atom is -0.326 e. The highest BCUT2D eigenvalue weighted by Crippen LogP contribution is 2.16. The Labute approximate surface area is 124 Å². The van der Waals surface area contributed by atoms with Crippen LogP contribution in [-0.4, -0.2) is 21.6 Å². The van der Waals surface area contributed by atoms with Gasteiger partial charge in [0.25, 0.3) is 0 Å². The predicted molar refractivity (Wildman–Crippen MR) is 81.4 cm³/mol. The van der Waals surface area contributed by atoms with Crippen LogP contribution in [0.25, 0.3) is 0 Å². The molecule has 21 heavy (non-hydrogen) atoms. The van der Waals surface area contributed by atoms with E-state index < -0.39 is 0 Å². The molecule has 0 bridgehead atoms. The van der Waals surface area contributed by atoms with Crippen molar-refractivity contribution in [2.75, 3.05) is 5.32 Å². The highest BCUT2D eigenvalue weighted by Gasteiger charge is 2.10. The lowest BCUT2D eigenvalue weighted by atomic mass is 10.1. The number of aromatic nitrogens is 2. The first-order chi connectivity index (χ1) is 9.95. The van der Waals surface area contributed by atoms with Gasteiger partial charge in [-0.05, 0) is 38.5 Å². The molecule has 0 aliphatic carbocycles. The van der Waals surface area contributed by atoms with Gasteiger partial charge in [-0.2, -0.15) is 5.10 Å². The summed E-state index contributed by atoms with van der Waals surface area (Å²) >= 11 is 0. The third-order valence-electron chi connectivity index (χ3n) is 3.20. The predicted octanol–water partition coefficient (Wildman–Crippen LogP) is 2.87. The Morgan fingerprint density at radius 1 is 1.14 bits per heavy atom. The van der Waals surface area contributed by atoms with Crippen LogP contribution < -0.4 is 5.32 Å². The molecule has 1 aromatic carbocycles. The molecule has 0 aliphatic heterocycles. The van der Waals surface area contributed by atoms with E-state index in [0.717, 1.165) is 22.5 Å². The number of carbonyl (C=O) groups excluding carboxylic acids is 2. The summed E-state index contributed by atoms with van der Waals surface area (Å²) in [6, 6.07) is 7.59. The van der Waals surface area contributed by atoms with E-state index in [4.69, 9.17) is 0 Å². The minimum absolute atomic E-state index is 0.137. The molecule has 1 heterocycles. The molecule has 0 unspecified atom stereocenters. The topological polar surface area (TPSA) is 64.0 Å². The average molecular weight is 285 g/mol. The summed E-state index contributed by atoms with van der Waals surface area (Å²) in [4.78, 5) is 23.7. The van der Waals surface area contributed by atoms with Crippen LogP contribution in [0.1, 0.15) is 34.5 Å². The van der Waals surface area contributed by atoms with Gasteiger partial charge in [-0.15, -0.1) is 0 Å². The SMILES string of the molecule is Cc1ccc(NC(=O)CCC(=O)n2ccc(C)n2)c(C)c1. The van der Waals surface area contributed by atoms with Gasteiger partial charge in [-0.25, -0.2) is 4.68 Å². The van der Waals surface area contributed by atoms with Crippen molar-refractivity contribution >= 4 is 17.5 Å². The van der Waals surface area contributed by atoms with Gasteiger partial charge in [0.2, 0.25) is 11.8 Å². The number of rotatable bonds is 4. The Balaban J connectivity index is 1.89. The lowest BCUT2D eigenvalue weighted by Crippen LogP contribution is -2.17. The summed E-state index contributed by atoms with van der Waals surface area (Å²) < 4.78 is 1.28. The molecule has 1 amide bonds. The molecule has 0 saturated carbocycles. The maximum absolute atomic E-state index is 11.9. The summed E-state index contributed by atoms with van der Waals surface area (Å²) in [5.41, 5.74) is 3.73. The second-order valence-corrected chi connectivity index (χ2v) is 5.16. The summed E-state index contributed by atoms with van der Waals surface area (Å²) in [5, 5.41) is 6.86. The molecule has 5 nitrogen and oxygen atoms in total. The molecule has 0 atom stereocenters. The number of anilines is 1. The molecule has 1 aromatic heterocycles. The van der Waals surface area contributed by atoms with E-state index in [1.807, 2.05) is 39.0 Å². The number of carbonyl (C=O) groups is 2. The third kappa shape index (κ3) is 4.02. The first kappa shape index (κ1) is 15.0. The summed E-state index contributed by atoms with van der Waals surface area (Å²) in [6.45, 7) is 5.76. The van der Waals surface area contributed by atoms with Crippen molar-refractivity contribution in [3.05, 3.63) is 47.3 Å². The molecule has 0 fully saturated rings. The van der Waals surface area contributed by atoms with Crippen LogP contribution in [0.15, 0.2) is 30.5 Å². The number of amides is 1. The average Bonchev–Trinajstić information content (AvgIpc) is 2.86. The van der Waals surface area contributed by atoms with Gasteiger partial charge in [0.1, 0.15) is 0 Å². The quantitative estimate of drug-likeness (QED) is 0.939. The largest absolute Gasteiger partial charge is 0.326 e. The Morgan fingerprint density at radius 3 is 2.52 bits per heavy atom. The molecule has 5 heteroatoms. The van der Waals surface area contributed by atoms with E-state index in [0.29, 0.717) is 0 Å².